The van der Waals surface area contributed by atoms with Gasteiger partial charge in [0.05, 0.1) is 5.71 Å². The number of phenolic OH excluding ortho intramolecular Hbond substituents is 1. The molecular formula is C22H30N6O3. The van der Waals surface area contributed by atoms with Crippen molar-refractivity contribution >= 4 is 22.8 Å². The van der Waals surface area contributed by atoms with E-state index in [9.17, 15) is 14.7 Å². The van der Waals surface area contributed by atoms with Crippen molar-refractivity contribution in [3.8, 4) is 5.75 Å². The van der Waals surface area contributed by atoms with E-state index >= 15 is 0 Å². The molecule has 0 saturated carbocycles. The lowest BCUT2D eigenvalue weighted by Gasteiger charge is -2.09. The van der Waals surface area contributed by atoms with Gasteiger partial charge in [0.15, 0.2) is 11.2 Å². The van der Waals surface area contributed by atoms with Gasteiger partial charge >= 0.3 is 5.69 Å². The summed E-state index contributed by atoms with van der Waals surface area (Å²) in [4.78, 5) is 31.4. The summed E-state index contributed by atoms with van der Waals surface area (Å²) in [6, 6.07) is 6.92. The minimum absolute atomic E-state index is 0.130. The van der Waals surface area contributed by atoms with Crippen molar-refractivity contribution < 1.29 is 5.11 Å². The molecule has 0 aliphatic carbocycles. The number of H-pyrrole nitrogens is 1. The lowest BCUT2D eigenvalue weighted by molar-refractivity contribution is 0.474. The number of rotatable bonds is 10. The van der Waals surface area contributed by atoms with Crippen LogP contribution in [0.3, 0.4) is 0 Å². The minimum Gasteiger partial charge on any atom is -0.507 e. The highest BCUT2D eigenvalue weighted by Gasteiger charge is 2.17. The van der Waals surface area contributed by atoms with Crippen LogP contribution in [0.5, 0.6) is 5.75 Å². The summed E-state index contributed by atoms with van der Waals surface area (Å²) in [6.45, 7) is 4.53. The maximum atomic E-state index is 12.5. The monoisotopic (exact) mass is 426 g/mol. The molecule has 0 radical (unpaired) electrons. The molecule has 2 heterocycles. The van der Waals surface area contributed by atoms with Crippen LogP contribution in [-0.4, -0.2) is 29.9 Å². The highest BCUT2D eigenvalue weighted by atomic mass is 16.3. The molecule has 0 bridgehead atoms. The van der Waals surface area contributed by atoms with Crippen molar-refractivity contribution in [2.75, 3.05) is 5.43 Å². The second-order valence-corrected chi connectivity index (χ2v) is 7.67. The fourth-order valence-corrected chi connectivity index (χ4v) is 3.56. The number of nitrogens with one attached hydrogen (secondary N) is 2. The van der Waals surface area contributed by atoms with Gasteiger partial charge < -0.3 is 9.67 Å². The number of hydrogen-bond donors (Lipinski definition) is 3. The number of fused-ring (bicyclic) bond motifs is 1. The van der Waals surface area contributed by atoms with Gasteiger partial charge in [-0.25, -0.2) is 10.2 Å². The van der Waals surface area contributed by atoms with E-state index in [0.717, 1.165) is 19.3 Å². The van der Waals surface area contributed by atoms with E-state index < -0.39 is 11.2 Å². The summed E-state index contributed by atoms with van der Waals surface area (Å²) in [5.74, 6) is 0.509. The molecule has 0 fully saturated rings. The fourth-order valence-electron chi connectivity index (χ4n) is 3.56. The van der Waals surface area contributed by atoms with Crippen LogP contribution in [-0.2, 0) is 13.6 Å². The van der Waals surface area contributed by atoms with E-state index in [4.69, 9.17) is 0 Å². The molecule has 1 aromatic carbocycles. The quantitative estimate of drug-likeness (QED) is 0.261. The Kier molecular flexibility index (Phi) is 7.28. The highest BCUT2D eigenvalue weighted by Crippen LogP contribution is 2.19. The Morgan fingerprint density at radius 3 is 2.61 bits per heavy atom. The molecule has 3 N–H and O–H groups in total. The number of nitrogens with zero attached hydrogens (tertiary/aromatic N) is 4. The molecular weight excluding hydrogens is 396 g/mol. The van der Waals surface area contributed by atoms with Gasteiger partial charge in [0.1, 0.15) is 5.75 Å². The van der Waals surface area contributed by atoms with Crippen LogP contribution in [0.25, 0.3) is 11.2 Å². The summed E-state index contributed by atoms with van der Waals surface area (Å²) in [5.41, 5.74) is 3.75. The Balaban J connectivity index is 1.92. The van der Waals surface area contributed by atoms with Crippen molar-refractivity contribution in [3.63, 3.8) is 0 Å². The van der Waals surface area contributed by atoms with Gasteiger partial charge in [-0.3, -0.25) is 14.3 Å². The summed E-state index contributed by atoms with van der Waals surface area (Å²) in [6.07, 6.45) is 6.69. The van der Waals surface area contributed by atoms with Gasteiger partial charge in [0.25, 0.3) is 5.56 Å². The zero-order chi connectivity index (χ0) is 22.4. The van der Waals surface area contributed by atoms with E-state index in [1.54, 1.807) is 36.7 Å². The smallest absolute Gasteiger partial charge is 0.329 e. The molecule has 0 spiro atoms. The summed E-state index contributed by atoms with van der Waals surface area (Å²) < 4.78 is 3.09. The first-order chi connectivity index (χ1) is 14.9. The van der Waals surface area contributed by atoms with Crippen LogP contribution in [0.1, 0.15) is 57.9 Å². The Morgan fingerprint density at radius 1 is 1.16 bits per heavy atom. The molecule has 0 aliphatic heterocycles. The van der Waals surface area contributed by atoms with Gasteiger partial charge in [-0.1, -0.05) is 51.2 Å². The number of aromatic hydroxyl groups is 1. The lowest BCUT2D eigenvalue weighted by atomic mass is 10.1. The van der Waals surface area contributed by atoms with Gasteiger partial charge in [-0.05, 0) is 25.5 Å². The largest absolute Gasteiger partial charge is 0.507 e. The minimum atomic E-state index is -0.512. The number of para-hydroxylation sites is 1. The summed E-state index contributed by atoms with van der Waals surface area (Å²) in [7, 11) is 1.57. The first-order valence-electron chi connectivity index (χ1n) is 10.7. The van der Waals surface area contributed by atoms with Crippen LogP contribution < -0.4 is 16.7 Å². The Bertz CT molecular complexity index is 1190. The molecule has 9 nitrogen and oxygen atoms in total. The SMILES string of the molecule is CCCCCCCCn1c(N/N=C(\C)c2ccccc2O)nc2c1c(=O)[nH]c(=O)n2C. The van der Waals surface area contributed by atoms with Gasteiger partial charge in [0.2, 0.25) is 5.95 Å². The van der Waals surface area contributed by atoms with E-state index in [2.05, 4.69) is 27.4 Å². The standard InChI is InChI=1S/C22H30N6O3/c1-4-5-6-7-8-11-14-28-18-19(27(3)22(31)24-20(18)30)23-21(28)26-25-15(2)16-12-9-10-13-17(16)29/h9-10,12-13,29H,4-8,11,14H2,1-3H3,(H,23,26)(H,24,30,31)/b25-15+. The number of aryl methyl sites for hydroxylation is 2. The van der Waals surface area contributed by atoms with E-state index in [0.29, 0.717) is 34.9 Å². The van der Waals surface area contributed by atoms with Crippen LogP contribution in [0, 0.1) is 0 Å². The molecule has 31 heavy (non-hydrogen) atoms. The van der Waals surface area contributed by atoms with Crippen molar-refractivity contribution in [2.24, 2.45) is 12.1 Å². The molecule has 0 unspecified atom stereocenters. The number of aromatic nitrogens is 4. The third kappa shape index (κ3) is 5.04. The summed E-state index contributed by atoms with van der Waals surface area (Å²) >= 11 is 0. The van der Waals surface area contributed by atoms with E-state index in [-0.39, 0.29) is 5.75 Å². The van der Waals surface area contributed by atoms with Gasteiger partial charge in [0, 0.05) is 19.2 Å². The number of hydrogen-bond acceptors (Lipinski definition) is 6. The molecule has 3 aromatic rings. The second kappa shape index (κ2) is 10.1. The van der Waals surface area contributed by atoms with Crippen molar-refractivity contribution in [1.82, 2.24) is 19.1 Å². The predicted molar refractivity (Wildman–Crippen MR) is 123 cm³/mol. The average Bonchev–Trinajstić information content (AvgIpc) is 3.12. The third-order valence-corrected chi connectivity index (χ3v) is 5.36. The molecule has 0 atom stereocenters. The summed E-state index contributed by atoms with van der Waals surface area (Å²) in [5, 5.41) is 14.4. The molecule has 3 rings (SSSR count). The molecule has 0 aliphatic rings. The normalized spacial score (nSPS) is 11.9. The van der Waals surface area contributed by atoms with E-state index in [1.165, 1.54) is 23.8 Å². The predicted octanol–water partition coefficient (Wildman–Crippen LogP) is 3.33. The Morgan fingerprint density at radius 2 is 1.87 bits per heavy atom. The topological polar surface area (TPSA) is 117 Å². The number of benzene rings is 1. The van der Waals surface area contributed by atoms with Crippen molar-refractivity contribution in [1.29, 1.82) is 0 Å². The van der Waals surface area contributed by atoms with Crippen LogP contribution in [0.4, 0.5) is 5.95 Å². The fraction of sp³-hybridized carbons (Fsp3) is 0.455. The maximum absolute atomic E-state index is 12.5. The third-order valence-electron chi connectivity index (χ3n) is 5.36. The lowest BCUT2D eigenvalue weighted by Crippen LogP contribution is -2.29. The molecule has 0 saturated heterocycles. The molecule has 2 aromatic heterocycles. The first-order valence-corrected chi connectivity index (χ1v) is 10.7. The second-order valence-electron chi connectivity index (χ2n) is 7.67. The van der Waals surface area contributed by atoms with Crippen molar-refractivity contribution in [2.45, 2.75) is 58.9 Å². The van der Waals surface area contributed by atoms with Crippen molar-refractivity contribution in [3.05, 3.63) is 50.7 Å². The number of imidazole rings is 1. The average molecular weight is 427 g/mol. The molecule has 0 amide bonds. The zero-order valence-corrected chi connectivity index (χ0v) is 18.3. The number of aromatic amines is 1. The van der Waals surface area contributed by atoms with Gasteiger partial charge in [-0.15, -0.1) is 0 Å². The molecule has 166 valence electrons. The first kappa shape index (κ1) is 22.3. The van der Waals surface area contributed by atoms with Gasteiger partial charge in [-0.2, -0.15) is 10.1 Å². The Hall–Kier alpha value is -3.36. The maximum Gasteiger partial charge on any atom is 0.329 e. The zero-order valence-electron chi connectivity index (χ0n) is 18.3. The van der Waals surface area contributed by atoms with Crippen LogP contribution >= 0.6 is 0 Å². The Labute approximate surface area is 180 Å². The van der Waals surface area contributed by atoms with Crippen LogP contribution in [0.2, 0.25) is 0 Å². The number of hydrazone groups is 1. The number of phenols is 1. The number of unbranched alkanes of at least 4 members (excludes halogenated alkanes) is 5. The highest BCUT2D eigenvalue weighted by molar-refractivity contribution is 6.01. The molecule has 9 heteroatoms. The number of anilines is 1. The van der Waals surface area contributed by atoms with E-state index in [1.807, 2.05) is 6.07 Å². The van der Waals surface area contributed by atoms with Crippen LogP contribution in [0.15, 0.2) is 39.0 Å².